The Morgan fingerprint density at radius 3 is 1.77 bits per heavy atom. The van der Waals surface area contributed by atoms with Gasteiger partial charge in [-0.05, 0) is 53.8 Å². The van der Waals surface area contributed by atoms with Gasteiger partial charge in [0.2, 0.25) is 0 Å². The zero-order valence-electron chi connectivity index (χ0n) is 23.8. The van der Waals surface area contributed by atoms with Crippen molar-refractivity contribution in [3.63, 3.8) is 0 Å². The van der Waals surface area contributed by atoms with Gasteiger partial charge in [-0.3, -0.25) is 4.79 Å². The molecule has 0 amide bonds. The Bertz CT molecular complexity index is 1070. The first-order valence-corrected chi connectivity index (χ1v) is 13.7. The van der Waals surface area contributed by atoms with E-state index in [1.54, 1.807) is 0 Å². The third kappa shape index (κ3) is 35.2. The summed E-state index contributed by atoms with van der Waals surface area (Å²) in [6.07, 6.45) is 16.1. The van der Waals surface area contributed by atoms with Gasteiger partial charge in [-0.1, -0.05) is 71.1 Å². The summed E-state index contributed by atoms with van der Waals surface area (Å²) in [7, 11) is -5.31. The Kier molecular flexibility index (Phi) is 37.8. The molecule has 0 aromatic carbocycles. The summed E-state index contributed by atoms with van der Waals surface area (Å²) in [5.74, 6) is 18.6. The summed E-state index contributed by atoms with van der Waals surface area (Å²) in [5.41, 5.74) is 0. The molecule has 0 bridgehead atoms. The predicted octanol–water partition coefficient (Wildman–Crippen LogP) is -1.03. The van der Waals surface area contributed by atoms with E-state index < -0.39 is 39.1 Å². The molecule has 0 aliphatic heterocycles. The number of ether oxygens (including phenoxy) is 2. The maximum atomic E-state index is 12.1. The van der Waals surface area contributed by atoms with Crippen LogP contribution in [0.25, 0.3) is 0 Å². The van der Waals surface area contributed by atoms with Crippen molar-refractivity contribution >= 4 is 33.3 Å². The van der Waals surface area contributed by atoms with Crippen molar-refractivity contribution in [3.05, 3.63) is 0 Å². The minimum atomic E-state index is -5.31. The number of hydrogen-bond acceptors (Lipinski definition) is 8. The number of phosphoric ester groups is 1. The summed E-state index contributed by atoms with van der Waals surface area (Å²) in [6.45, 7) is 0.875. The molecule has 226 valence electrons. The molecular weight excluding hydrogens is 573 g/mol. The van der Waals surface area contributed by atoms with Crippen molar-refractivity contribution < 1.29 is 110 Å². The Labute approximate surface area is 304 Å². The molecule has 0 saturated heterocycles. The molecule has 8 nitrogen and oxygen atoms in total. The minimum absolute atomic E-state index is 0. The van der Waals surface area contributed by atoms with Crippen LogP contribution in [0.1, 0.15) is 96.8 Å². The number of phosphoric acid groups is 1. The van der Waals surface area contributed by atoms with E-state index >= 15 is 0 Å². The standard InChI is InChI=1S/C28H35O8P.2Na.H2S.9H2/c1-3-5-7-9-11-13-14-15-17-19-21-23-28(30)36-26(25-35-37(31,32)33)24-34-27(29)22-20-18-16-12-10-8-6-4-2;;;;;;;;;;;;/h2,26H,3,5,7,9,11,13-15,17,19,21,23-25H2,1H3,(H2,31,32,33);;;1H2;9*1H/q;2*+1;;;;;;;;;;/p-2/t26-;;;;;;;;;;;;/m0............/s1. The fraction of sp³-hybridized carbons (Fsp3) is 0.571. The quantitative estimate of drug-likeness (QED) is 0.0473. The summed E-state index contributed by atoms with van der Waals surface area (Å²) in [5, 5.41) is 0. The number of rotatable bonds is 18. The van der Waals surface area contributed by atoms with Crippen molar-refractivity contribution in [2.45, 2.75) is 90.1 Å². The van der Waals surface area contributed by atoms with Crippen molar-refractivity contribution in [2.75, 3.05) is 13.2 Å². The molecule has 12 heteroatoms. The fourth-order valence-electron chi connectivity index (χ4n) is 2.95. The van der Waals surface area contributed by atoms with Gasteiger partial charge in [0, 0.05) is 25.2 Å². The first-order chi connectivity index (χ1) is 17.8. The summed E-state index contributed by atoms with van der Waals surface area (Å²) < 4.78 is 24.9. The Morgan fingerprint density at radius 1 is 0.800 bits per heavy atom. The predicted molar refractivity (Wildman–Crippen MR) is 165 cm³/mol. The average Bonchev–Trinajstić information content (AvgIpc) is 2.85. The maximum absolute atomic E-state index is 12.1. The molecule has 0 spiro atoms. The average molecular weight is 627 g/mol. The van der Waals surface area contributed by atoms with Gasteiger partial charge in [0.05, 0.1) is 14.4 Å². The van der Waals surface area contributed by atoms with Gasteiger partial charge in [-0.25, -0.2) is 4.79 Å². The second-order valence-corrected chi connectivity index (χ2v) is 9.04. The minimum Gasteiger partial charge on any atom is -0.790 e. The van der Waals surface area contributed by atoms with Gasteiger partial charge in [-0.15, -0.1) is 6.42 Å². The van der Waals surface area contributed by atoms with Crippen LogP contribution in [-0.2, 0) is 28.2 Å². The molecule has 1 atom stereocenters. The normalized spacial score (nSPS) is 9.65. The number of carbonyl (C=O) groups excluding carboxylic acids is 2. The van der Waals surface area contributed by atoms with Crippen LogP contribution in [0.5, 0.6) is 0 Å². The van der Waals surface area contributed by atoms with Crippen LogP contribution in [0.15, 0.2) is 0 Å². The van der Waals surface area contributed by atoms with Gasteiger partial charge >= 0.3 is 71.1 Å². The van der Waals surface area contributed by atoms with E-state index in [9.17, 15) is 23.9 Å². The SMILES string of the molecule is C#CC#CC#CC#CC#CC(=O)OC[C@@H](COP(=O)([O-])[O-])OC(=O)CCCCCCCCCCCCC.S.[HH].[HH].[HH].[HH].[HH].[HH].[HH].[HH].[HH].[Na+].[Na+]. The third-order valence-electron chi connectivity index (χ3n) is 4.71. The van der Waals surface area contributed by atoms with E-state index in [0.717, 1.165) is 19.3 Å². The van der Waals surface area contributed by atoms with Crippen LogP contribution in [0, 0.1) is 59.7 Å². The van der Waals surface area contributed by atoms with E-state index in [4.69, 9.17) is 15.9 Å². The van der Waals surface area contributed by atoms with Crippen LogP contribution < -0.4 is 68.9 Å². The number of carbonyl (C=O) groups is 2. The molecule has 0 saturated carbocycles. The van der Waals surface area contributed by atoms with E-state index in [1.165, 1.54) is 44.9 Å². The number of hydrogen-bond donors (Lipinski definition) is 0. The molecular formula is C28H53Na2O8PS. The van der Waals surface area contributed by atoms with Crippen LogP contribution >= 0.6 is 21.3 Å². The van der Waals surface area contributed by atoms with Gasteiger partial charge in [0.25, 0.3) is 0 Å². The van der Waals surface area contributed by atoms with Crippen LogP contribution in [0.4, 0.5) is 0 Å². The second-order valence-electron chi connectivity index (χ2n) is 7.88. The molecule has 40 heavy (non-hydrogen) atoms. The smallest absolute Gasteiger partial charge is 0.790 e. The number of esters is 2. The molecule has 0 aromatic rings. The molecule has 0 rings (SSSR count). The molecule has 0 aliphatic carbocycles. The largest absolute Gasteiger partial charge is 1.00 e. The molecule has 0 fully saturated rings. The zero-order valence-corrected chi connectivity index (χ0v) is 29.7. The molecule has 0 aromatic heterocycles. The van der Waals surface area contributed by atoms with Gasteiger partial charge < -0.3 is 28.3 Å². The summed E-state index contributed by atoms with van der Waals surface area (Å²) in [4.78, 5) is 45.3. The number of unbranched alkanes of at least 4 members (excludes halogenated alkanes) is 10. The summed E-state index contributed by atoms with van der Waals surface area (Å²) >= 11 is 0. The van der Waals surface area contributed by atoms with Crippen LogP contribution in [0.3, 0.4) is 0 Å². The maximum Gasteiger partial charge on any atom is 1.00 e. The van der Waals surface area contributed by atoms with Crippen LogP contribution in [0.2, 0.25) is 0 Å². The topological polar surface area (TPSA) is 125 Å². The van der Waals surface area contributed by atoms with E-state index in [1.807, 2.05) is 0 Å². The fourth-order valence-corrected chi connectivity index (χ4v) is 3.30. The Balaban J connectivity index is -0.0000000982. The van der Waals surface area contributed by atoms with Crippen molar-refractivity contribution in [3.8, 4) is 59.7 Å². The Hall–Kier alpha value is -0.800. The third-order valence-corrected chi connectivity index (χ3v) is 5.18. The Morgan fingerprint density at radius 2 is 1.27 bits per heavy atom. The van der Waals surface area contributed by atoms with E-state index in [-0.39, 0.29) is 91.9 Å². The van der Waals surface area contributed by atoms with Gasteiger partial charge in [-0.2, -0.15) is 13.5 Å². The van der Waals surface area contributed by atoms with Crippen molar-refractivity contribution in [1.29, 1.82) is 0 Å². The second kappa shape index (κ2) is 32.7. The van der Waals surface area contributed by atoms with E-state index in [0.29, 0.717) is 6.42 Å². The first kappa shape index (κ1) is 46.2. The van der Waals surface area contributed by atoms with Gasteiger partial charge in [0.1, 0.15) is 6.61 Å². The molecule has 0 heterocycles. The van der Waals surface area contributed by atoms with Gasteiger partial charge in [0.15, 0.2) is 6.10 Å². The molecule has 0 unspecified atom stereocenters. The number of terminal acetylenes is 1. The zero-order chi connectivity index (χ0) is 27.6. The molecule has 0 N–H and O–H groups in total. The van der Waals surface area contributed by atoms with Crippen LogP contribution in [-0.4, -0.2) is 31.3 Å². The first-order valence-electron chi connectivity index (χ1n) is 12.3. The van der Waals surface area contributed by atoms with Crippen molar-refractivity contribution in [2.24, 2.45) is 0 Å². The monoisotopic (exact) mass is 626 g/mol. The van der Waals surface area contributed by atoms with E-state index in [2.05, 4.69) is 64.7 Å². The molecule has 0 radical (unpaired) electrons. The summed E-state index contributed by atoms with van der Waals surface area (Å²) in [6, 6.07) is 0. The molecule has 0 aliphatic rings. The van der Waals surface area contributed by atoms with Crippen molar-refractivity contribution in [1.82, 2.24) is 0 Å².